The van der Waals surface area contributed by atoms with Gasteiger partial charge in [-0.3, -0.25) is 9.69 Å². The molecule has 4 heteroatoms. The molecule has 2 aromatic rings. The summed E-state index contributed by atoms with van der Waals surface area (Å²) < 4.78 is 0. The number of para-hydroxylation sites is 1. The molecular weight excluding hydrogens is 322 g/mol. The van der Waals surface area contributed by atoms with Gasteiger partial charge in [0.1, 0.15) is 0 Å². The quantitative estimate of drug-likeness (QED) is 0.864. The first-order valence-electron chi connectivity index (χ1n) is 9.50. The van der Waals surface area contributed by atoms with Crippen LogP contribution in [0.15, 0.2) is 54.6 Å². The van der Waals surface area contributed by atoms with E-state index in [0.717, 1.165) is 38.4 Å². The minimum atomic E-state index is 0.183. The van der Waals surface area contributed by atoms with Crippen LogP contribution in [0.25, 0.3) is 0 Å². The van der Waals surface area contributed by atoms with Gasteiger partial charge in [-0.25, -0.2) is 0 Å². The highest BCUT2D eigenvalue weighted by atomic mass is 16.2. The van der Waals surface area contributed by atoms with Gasteiger partial charge in [0, 0.05) is 38.4 Å². The SMILES string of the molecule is CC(C)c1ccccc1NCC(=O)N1CCN(Cc2ccccc2)CC1. The van der Waals surface area contributed by atoms with Crippen molar-refractivity contribution in [1.29, 1.82) is 0 Å². The largest absolute Gasteiger partial charge is 0.376 e. The van der Waals surface area contributed by atoms with E-state index >= 15 is 0 Å². The number of anilines is 1. The molecule has 1 fully saturated rings. The Morgan fingerprint density at radius 2 is 1.62 bits per heavy atom. The normalized spacial score (nSPS) is 15.3. The van der Waals surface area contributed by atoms with E-state index in [1.807, 2.05) is 23.1 Å². The molecule has 0 aliphatic carbocycles. The van der Waals surface area contributed by atoms with Crippen LogP contribution in [0, 0.1) is 0 Å². The average molecular weight is 351 g/mol. The number of amides is 1. The second kappa shape index (κ2) is 8.86. The summed E-state index contributed by atoms with van der Waals surface area (Å²) in [5.41, 5.74) is 3.66. The highest BCUT2D eigenvalue weighted by molar-refractivity contribution is 5.81. The predicted molar refractivity (Wildman–Crippen MR) is 107 cm³/mol. The molecule has 0 aromatic heterocycles. The number of carbonyl (C=O) groups is 1. The van der Waals surface area contributed by atoms with Gasteiger partial charge in [0.25, 0.3) is 0 Å². The molecule has 138 valence electrons. The average Bonchev–Trinajstić information content (AvgIpc) is 2.67. The lowest BCUT2D eigenvalue weighted by Gasteiger charge is -2.35. The fourth-order valence-corrected chi connectivity index (χ4v) is 3.44. The molecule has 0 saturated carbocycles. The van der Waals surface area contributed by atoms with E-state index in [4.69, 9.17) is 0 Å². The van der Waals surface area contributed by atoms with Crippen molar-refractivity contribution in [1.82, 2.24) is 9.80 Å². The summed E-state index contributed by atoms with van der Waals surface area (Å²) in [7, 11) is 0. The van der Waals surface area contributed by atoms with Gasteiger partial charge in [0.05, 0.1) is 6.54 Å². The third kappa shape index (κ3) is 4.85. The van der Waals surface area contributed by atoms with Crippen LogP contribution in [-0.4, -0.2) is 48.4 Å². The van der Waals surface area contributed by atoms with E-state index in [9.17, 15) is 4.79 Å². The lowest BCUT2D eigenvalue weighted by atomic mass is 10.0. The van der Waals surface area contributed by atoms with Gasteiger partial charge in [-0.05, 0) is 23.1 Å². The third-order valence-electron chi connectivity index (χ3n) is 4.99. The van der Waals surface area contributed by atoms with Gasteiger partial charge in [0.15, 0.2) is 0 Å². The maximum absolute atomic E-state index is 12.6. The van der Waals surface area contributed by atoms with E-state index in [1.54, 1.807) is 0 Å². The minimum absolute atomic E-state index is 0.183. The van der Waals surface area contributed by atoms with E-state index in [1.165, 1.54) is 11.1 Å². The molecule has 1 N–H and O–H groups in total. The maximum Gasteiger partial charge on any atom is 0.241 e. The van der Waals surface area contributed by atoms with Crippen molar-refractivity contribution in [3.05, 3.63) is 65.7 Å². The first kappa shape index (κ1) is 18.5. The van der Waals surface area contributed by atoms with Gasteiger partial charge in [0.2, 0.25) is 5.91 Å². The zero-order valence-electron chi connectivity index (χ0n) is 15.8. The molecular formula is C22H29N3O. The van der Waals surface area contributed by atoms with Gasteiger partial charge >= 0.3 is 0 Å². The van der Waals surface area contributed by atoms with Crippen LogP contribution in [0.1, 0.15) is 30.9 Å². The Kier molecular flexibility index (Phi) is 6.29. The van der Waals surface area contributed by atoms with Gasteiger partial charge in [-0.15, -0.1) is 0 Å². The number of nitrogens with one attached hydrogen (secondary N) is 1. The maximum atomic E-state index is 12.6. The van der Waals surface area contributed by atoms with Gasteiger partial charge in [-0.2, -0.15) is 0 Å². The number of nitrogens with zero attached hydrogens (tertiary/aromatic N) is 2. The summed E-state index contributed by atoms with van der Waals surface area (Å²) in [6.07, 6.45) is 0. The smallest absolute Gasteiger partial charge is 0.241 e. The Bertz CT molecular complexity index is 706. The van der Waals surface area contributed by atoms with Gasteiger partial charge in [-0.1, -0.05) is 62.4 Å². The molecule has 26 heavy (non-hydrogen) atoms. The molecule has 0 atom stereocenters. The zero-order valence-corrected chi connectivity index (χ0v) is 15.8. The Balaban J connectivity index is 1.47. The van der Waals surface area contributed by atoms with Crippen molar-refractivity contribution in [2.24, 2.45) is 0 Å². The molecule has 1 aliphatic heterocycles. The van der Waals surface area contributed by atoms with Crippen molar-refractivity contribution in [2.45, 2.75) is 26.3 Å². The lowest BCUT2D eigenvalue weighted by molar-refractivity contribution is -0.131. The van der Waals surface area contributed by atoms with E-state index in [-0.39, 0.29) is 5.91 Å². The Morgan fingerprint density at radius 3 is 2.31 bits per heavy atom. The van der Waals surface area contributed by atoms with E-state index in [0.29, 0.717) is 12.5 Å². The third-order valence-corrected chi connectivity index (χ3v) is 4.99. The topological polar surface area (TPSA) is 35.6 Å². The Morgan fingerprint density at radius 1 is 0.962 bits per heavy atom. The molecule has 1 saturated heterocycles. The van der Waals surface area contributed by atoms with Crippen molar-refractivity contribution in [2.75, 3.05) is 38.0 Å². The summed E-state index contributed by atoms with van der Waals surface area (Å²) >= 11 is 0. The van der Waals surface area contributed by atoms with Gasteiger partial charge < -0.3 is 10.2 Å². The van der Waals surface area contributed by atoms with Crippen molar-refractivity contribution in [3.8, 4) is 0 Å². The van der Waals surface area contributed by atoms with Crippen LogP contribution < -0.4 is 5.32 Å². The van der Waals surface area contributed by atoms with Crippen LogP contribution in [0.4, 0.5) is 5.69 Å². The van der Waals surface area contributed by atoms with Crippen LogP contribution in [0.5, 0.6) is 0 Å². The molecule has 0 bridgehead atoms. The first-order chi connectivity index (χ1) is 12.6. The van der Waals surface area contributed by atoms with Crippen LogP contribution in [0.2, 0.25) is 0 Å². The zero-order chi connectivity index (χ0) is 18.4. The number of rotatable bonds is 6. The minimum Gasteiger partial charge on any atom is -0.376 e. The highest BCUT2D eigenvalue weighted by Gasteiger charge is 2.21. The molecule has 1 amide bonds. The monoisotopic (exact) mass is 351 g/mol. The van der Waals surface area contributed by atoms with E-state index in [2.05, 4.69) is 60.5 Å². The number of hydrogen-bond donors (Lipinski definition) is 1. The predicted octanol–water partition coefficient (Wildman–Crippen LogP) is 3.57. The number of hydrogen-bond acceptors (Lipinski definition) is 3. The fourth-order valence-electron chi connectivity index (χ4n) is 3.44. The number of carbonyl (C=O) groups excluding carboxylic acids is 1. The summed E-state index contributed by atoms with van der Waals surface area (Å²) in [6.45, 7) is 9.15. The molecule has 2 aromatic carbocycles. The first-order valence-corrected chi connectivity index (χ1v) is 9.50. The highest BCUT2D eigenvalue weighted by Crippen LogP contribution is 2.23. The van der Waals surface area contributed by atoms with Crippen molar-refractivity contribution < 1.29 is 4.79 Å². The summed E-state index contributed by atoms with van der Waals surface area (Å²) in [4.78, 5) is 17.0. The van der Waals surface area contributed by atoms with Crippen molar-refractivity contribution >= 4 is 11.6 Å². The summed E-state index contributed by atoms with van der Waals surface area (Å²) in [5, 5.41) is 3.34. The molecule has 1 aliphatic rings. The summed E-state index contributed by atoms with van der Waals surface area (Å²) in [6, 6.07) is 18.8. The molecule has 0 unspecified atom stereocenters. The standard InChI is InChI=1S/C22H29N3O/c1-18(2)20-10-6-7-11-21(20)23-16-22(26)25-14-12-24(13-15-25)17-19-8-4-3-5-9-19/h3-11,18,23H,12-17H2,1-2H3. The Hall–Kier alpha value is -2.33. The number of benzene rings is 2. The van der Waals surface area contributed by atoms with E-state index < -0.39 is 0 Å². The molecule has 4 nitrogen and oxygen atoms in total. The molecule has 0 spiro atoms. The van der Waals surface area contributed by atoms with Crippen LogP contribution in [-0.2, 0) is 11.3 Å². The molecule has 3 rings (SSSR count). The molecule has 0 radical (unpaired) electrons. The Labute approximate surface area is 156 Å². The lowest BCUT2D eigenvalue weighted by Crippen LogP contribution is -2.49. The molecule has 1 heterocycles. The van der Waals surface area contributed by atoms with Crippen LogP contribution >= 0.6 is 0 Å². The summed E-state index contributed by atoms with van der Waals surface area (Å²) in [5.74, 6) is 0.623. The van der Waals surface area contributed by atoms with Crippen molar-refractivity contribution in [3.63, 3.8) is 0 Å². The second-order valence-electron chi connectivity index (χ2n) is 7.24. The fraction of sp³-hybridized carbons (Fsp3) is 0.409. The van der Waals surface area contributed by atoms with Crippen LogP contribution in [0.3, 0.4) is 0 Å². The number of piperazine rings is 1. The second-order valence-corrected chi connectivity index (χ2v) is 7.24.